The highest BCUT2D eigenvalue weighted by Gasteiger charge is 2.21. The molecule has 1 unspecified atom stereocenters. The first-order chi connectivity index (χ1) is 5.29. The van der Waals surface area contributed by atoms with Gasteiger partial charge in [0.05, 0.1) is 6.42 Å². The number of cyclic esters (lactones) is 1. The van der Waals surface area contributed by atoms with Gasteiger partial charge < -0.3 is 19.4 Å². The molecule has 1 fully saturated rings. The number of alkyl halides is 1. The Morgan fingerprint density at radius 1 is 1.50 bits per heavy atom. The Labute approximate surface area is 67.2 Å². The molecule has 1 rings (SSSR count). The normalized spacial score (nSPS) is 22.7. The Hall–Kier alpha value is -0.490. The Bertz CT molecular complexity index is 191. The minimum atomic E-state index is -4.64. The van der Waals surface area contributed by atoms with Crippen LogP contribution < -0.4 is 0 Å². The van der Waals surface area contributed by atoms with Crippen LogP contribution in [0.1, 0.15) is 12.8 Å². The summed E-state index contributed by atoms with van der Waals surface area (Å²) in [4.78, 5) is 31.6. The van der Waals surface area contributed by atoms with Gasteiger partial charge in [0, 0.05) is 6.42 Å². The van der Waals surface area contributed by atoms with E-state index in [9.17, 15) is 9.18 Å². The van der Waals surface area contributed by atoms with E-state index in [1.54, 1.807) is 0 Å². The van der Waals surface area contributed by atoms with Crippen molar-refractivity contribution in [2.24, 2.45) is 0 Å². The maximum Gasteiger partial charge on any atom is 0.466 e. The first-order valence-corrected chi connectivity index (χ1v) is 4.47. The second-order valence-corrected chi connectivity index (χ2v) is 2.98. The lowest BCUT2D eigenvalue weighted by Gasteiger charge is -1.91. The molecule has 12 heavy (non-hydrogen) atoms. The predicted molar refractivity (Wildman–Crippen MR) is 34.5 cm³/mol. The Balaban J connectivity index is 0.000000217. The number of carbonyl (C=O) groups is 1. The van der Waals surface area contributed by atoms with Crippen molar-refractivity contribution in [3.63, 3.8) is 0 Å². The highest BCUT2D eigenvalue weighted by atomic mass is 31.2. The lowest BCUT2D eigenvalue weighted by atomic mass is 10.4. The molecule has 1 heterocycles. The zero-order valence-electron chi connectivity index (χ0n) is 5.88. The molecule has 8 heteroatoms. The zero-order valence-corrected chi connectivity index (χ0v) is 6.78. The third-order valence-electron chi connectivity index (χ3n) is 0.835. The Kier molecular flexibility index (Phi) is 4.33. The van der Waals surface area contributed by atoms with Gasteiger partial charge in [0.25, 0.3) is 0 Å². The maximum absolute atomic E-state index is 11.7. The van der Waals surface area contributed by atoms with Crippen LogP contribution in [0.4, 0.5) is 4.39 Å². The van der Waals surface area contributed by atoms with E-state index < -0.39 is 20.1 Å². The van der Waals surface area contributed by atoms with Crippen LogP contribution in [0.5, 0.6) is 0 Å². The van der Waals surface area contributed by atoms with Gasteiger partial charge in [0.1, 0.15) is 0 Å². The topological polar surface area (TPSA) is 104 Å². The molecule has 1 aliphatic rings. The molecule has 1 aliphatic heterocycles. The second kappa shape index (κ2) is 4.51. The van der Waals surface area contributed by atoms with Crippen molar-refractivity contribution in [2.45, 2.75) is 19.2 Å². The van der Waals surface area contributed by atoms with Crippen LogP contribution in [0, 0.1) is 0 Å². The van der Waals surface area contributed by atoms with Gasteiger partial charge in [0.15, 0.2) is 0 Å². The largest absolute Gasteiger partial charge is 0.466 e. The summed E-state index contributed by atoms with van der Waals surface area (Å²) in [7, 11) is -4.64. The monoisotopic (exact) mass is 202 g/mol. The summed E-state index contributed by atoms with van der Waals surface area (Å²) in [6, 6.07) is 0. The van der Waals surface area contributed by atoms with E-state index in [4.69, 9.17) is 19.2 Å². The van der Waals surface area contributed by atoms with Crippen LogP contribution in [-0.2, 0) is 14.1 Å². The first-order valence-electron chi connectivity index (χ1n) is 2.91. The van der Waals surface area contributed by atoms with Crippen molar-refractivity contribution in [3.05, 3.63) is 0 Å². The minimum Gasteiger partial charge on any atom is -0.431 e. The van der Waals surface area contributed by atoms with E-state index in [2.05, 4.69) is 4.74 Å². The Morgan fingerprint density at radius 2 is 1.92 bits per heavy atom. The molecule has 0 aromatic carbocycles. The number of carbonyl (C=O) groups excluding carboxylic acids is 1. The molecule has 0 aromatic rings. The van der Waals surface area contributed by atoms with Gasteiger partial charge in [-0.05, 0) is 0 Å². The van der Waals surface area contributed by atoms with Crippen molar-refractivity contribution >= 4 is 13.8 Å². The number of hydrogen-bond acceptors (Lipinski definition) is 3. The summed E-state index contributed by atoms with van der Waals surface area (Å²) in [5.41, 5.74) is 0. The van der Waals surface area contributed by atoms with Gasteiger partial charge in [0.2, 0.25) is 6.36 Å². The quantitative estimate of drug-likeness (QED) is 0.367. The molecule has 0 amide bonds. The van der Waals surface area contributed by atoms with Crippen LogP contribution >= 0.6 is 7.82 Å². The third kappa shape index (κ3) is 9.51. The van der Waals surface area contributed by atoms with Crippen LogP contribution in [0.25, 0.3) is 0 Å². The summed E-state index contributed by atoms with van der Waals surface area (Å²) in [6.07, 6.45) is -0.854. The number of hydrogen-bond donors (Lipinski definition) is 3. The lowest BCUT2D eigenvalue weighted by Crippen LogP contribution is -1.97. The van der Waals surface area contributed by atoms with Gasteiger partial charge >= 0.3 is 13.8 Å². The van der Waals surface area contributed by atoms with Gasteiger partial charge in [-0.2, -0.15) is 0 Å². The van der Waals surface area contributed by atoms with Crippen molar-refractivity contribution in [2.75, 3.05) is 0 Å². The smallest absolute Gasteiger partial charge is 0.431 e. The molecule has 0 aromatic heterocycles. The molecule has 1 saturated heterocycles. The predicted octanol–water partition coefficient (Wildman–Crippen LogP) is -0.310. The van der Waals surface area contributed by atoms with Gasteiger partial charge in [-0.15, -0.1) is 0 Å². The van der Waals surface area contributed by atoms with E-state index >= 15 is 0 Å². The average molecular weight is 202 g/mol. The van der Waals surface area contributed by atoms with E-state index in [-0.39, 0.29) is 12.8 Å². The minimum absolute atomic E-state index is 0.235. The summed E-state index contributed by atoms with van der Waals surface area (Å²) in [5.74, 6) is -0.424. The number of halogens is 1. The fourth-order valence-electron chi connectivity index (χ4n) is 0.492. The molecule has 0 saturated carbocycles. The number of phosphoric acid groups is 1. The molecule has 1 atom stereocenters. The lowest BCUT2D eigenvalue weighted by molar-refractivity contribution is -0.146. The van der Waals surface area contributed by atoms with Gasteiger partial charge in [-0.1, -0.05) is 0 Å². The molecule has 6 nitrogen and oxygen atoms in total. The summed E-state index contributed by atoms with van der Waals surface area (Å²) < 4.78 is 24.7. The molecule has 0 spiro atoms. The standard InChI is InChI=1S/C4H5FO2.H3O4P/c5-3-1-2-4(6)7-3;1-5(2,3)4/h3H,1-2H2;(H3,1,2,3,4). The fraction of sp³-hybridized carbons (Fsp3) is 0.750. The highest BCUT2D eigenvalue weighted by molar-refractivity contribution is 7.45. The van der Waals surface area contributed by atoms with E-state index in [1.807, 2.05) is 0 Å². The van der Waals surface area contributed by atoms with Crippen molar-refractivity contribution in [1.82, 2.24) is 0 Å². The second-order valence-electron chi connectivity index (χ2n) is 1.95. The molecular formula is C4H8FO6P. The number of ether oxygens (including phenoxy) is 1. The maximum atomic E-state index is 11.7. The molecule has 3 N–H and O–H groups in total. The molecule has 0 radical (unpaired) electrons. The fourth-order valence-corrected chi connectivity index (χ4v) is 0.492. The van der Waals surface area contributed by atoms with Crippen molar-refractivity contribution < 1.29 is 33.2 Å². The van der Waals surface area contributed by atoms with Crippen LogP contribution in [0.2, 0.25) is 0 Å². The van der Waals surface area contributed by atoms with E-state index in [1.165, 1.54) is 0 Å². The number of rotatable bonds is 0. The molecule has 0 aliphatic carbocycles. The van der Waals surface area contributed by atoms with E-state index in [0.717, 1.165) is 0 Å². The summed E-state index contributed by atoms with van der Waals surface area (Å²) in [5, 5.41) is 0. The van der Waals surface area contributed by atoms with Crippen LogP contribution in [0.15, 0.2) is 0 Å². The van der Waals surface area contributed by atoms with Gasteiger partial charge in [-0.25, -0.2) is 8.96 Å². The third-order valence-corrected chi connectivity index (χ3v) is 0.835. The molecule has 0 bridgehead atoms. The SMILES string of the molecule is O=C1CCC(F)O1.O=P(O)(O)O. The zero-order chi connectivity index (χ0) is 9.78. The Morgan fingerprint density at radius 3 is 2.00 bits per heavy atom. The number of esters is 1. The van der Waals surface area contributed by atoms with E-state index in [0.29, 0.717) is 0 Å². The first kappa shape index (κ1) is 11.5. The molecular weight excluding hydrogens is 194 g/mol. The van der Waals surface area contributed by atoms with Gasteiger partial charge in [-0.3, -0.25) is 4.79 Å². The van der Waals surface area contributed by atoms with Crippen molar-refractivity contribution in [3.8, 4) is 0 Å². The average Bonchev–Trinajstić information content (AvgIpc) is 2.09. The summed E-state index contributed by atoms with van der Waals surface area (Å²) in [6.45, 7) is 0. The molecule has 72 valence electrons. The van der Waals surface area contributed by atoms with Crippen LogP contribution in [-0.4, -0.2) is 27.0 Å². The van der Waals surface area contributed by atoms with Crippen molar-refractivity contribution in [1.29, 1.82) is 0 Å². The highest BCUT2D eigenvalue weighted by Crippen LogP contribution is 2.25. The van der Waals surface area contributed by atoms with Crippen LogP contribution in [0.3, 0.4) is 0 Å². The summed E-state index contributed by atoms with van der Waals surface area (Å²) >= 11 is 0.